The minimum absolute atomic E-state index is 0.0903. The fraction of sp³-hybridized carbons (Fsp3) is 0.238. The van der Waals surface area contributed by atoms with Crippen LogP contribution in [0.25, 0.3) is 0 Å². The summed E-state index contributed by atoms with van der Waals surface area (Å²) < 4.78 is 5.59. The summed E-state index contributed by atoms with van der Waals surface area (Å²) in [5, 5.41) is 5.73. The molecule has 2 aromatic rings. The standard InChI is InChI=1S/C21H24N2O3/c1-3-4-15-26-20-11-5-17(6-12-20)21(25)13-14-22-18-7-9-19(10-8-18)23-16(2)24/h5-14,22H,3-4,15H2,1-2H3,(H,23,24)/b14-13+. The zero-order chi connectivity index (χ0) is 18.8. The highest BCUT2D eigenvalue weighted by Crippen LogP contribution is 2.15. The van der Waals surface area contributed by atoms with Crippen molar-refractivity contribution in [2.75, 3.05) is 17.2 Å². The number of benzene rings is 2. The lowest BCUT2D eigenvalue weighted by Crippen LogP contribution is -2.05. The Bertz CT molecular complexity index is 750. The highest BCUT2D eigenvalue weighted by atomic mass is 16.5. The predicted molar refractivity (Wildman–Crippen MR) is 105 cm³/mol. The number of unbranched alkanes of at least 4 members (excludes halogenated alkanes) is 1. The van der Waals surface area contributed by atoms with E-state index in [1.807, 2.05) is 24.3 Å². The first kappa shape index (κ1) is 19.2. The first-order valence-electron chi connectivity index (χ1n) is 8.66. The number of hydrogen-bond acceptors (Lipinski definition) is 4. The van der Waals surface area contributed by atoms with Gasteiger partial charge in [0.1, 0.15) is 5.75 Å². The number of ether oxygens (including phenoxy) is 1. The molecule has 0 saturated carbocycles. The van der Waals surface area contributed by atoms with Crippen molar-refractivity contribution in [3.63, 3.8) is 0 Å². The van der Waals surface area contributed by atoms with Gasteiger partial charge in [0, 0.05) is 36.1 Å². The Labute approximate surface area is 154 Å². The van der Waals surface area contributed by atoms with Gasteiger partial charge in [-0.3, -0.25) is 9.59 Å². The average molecular weight is 352 g/mol. The van der Waals surface area contributed by atoms with Crippen LogP contribution in [0.15, 0.2) is 60.8 Å². The lowest BCUT2D eigenvalue weighted by molar-refractivity contribution is -0.114. The van der Waals surface area contributed by atoms with E-state index in [9.17, 15) is 9.59 Å². The lowest BCUT2D eigenvalue weighted by Gasteiger charge is -2.05. The van der Waals surface area contributed by atoms with Gasteiger partial charge >= 0.3 is 0 Å². The zero-order valence-corrected chi connectivity index (χ0v) is 15.1. The van der Waals surface area contributed by atoms with Gasteiger partial charge in [-0.15, -0.1) is 0 Å². The maximum absolute atomic E-state index is 12.2. The molecule has 26 heavy (non-hydrogen) atoms. The molecular weight excluding hydrogens is 328 g/mol. The lowest BCUT2D eigenvalue weighted by atomic mass is 10.1. The third kappa shape index (κ3) is 6.43. The van der Waals surface area contributed by atoms with Crippen LogP contribution >= 0.6 is 0 Å². The van der Waals surface area contributed by atoms with Crippen molar-refractivity contribution in [1.29, 1.82) is 0 Å². The largest absolute Gasteiger partial charge is 0.494 e. The molecule has 0 spiro atoms. The molecule has 0 unspecified atom stereocenters. The molecule has 0 aliphatic carbocycles. The summed E-state index contributed by atoms with van der Waals surface area (Å²) in [5.74, 6) is 0.571. The van der Waals surface area contributed by atoms with Crippen LogP contribution in [0.3, 0.4) is 0 Å². The van der Waals surface area contributed by atoms with Crippen molar-refractivity contribution in [3.8, 4) is 5.75 Å². The second-order valence-electron chi connectivity index (χ2n) is 5.83. The highest BCUT2D eigenvalue weighted by Gasteiger charge is 2.02. The van der Waals surface area contributed by atoms with Crippen LogP contribution in [0, 0.1) is 0 Å². The fourth-order valence-corrected chi connectivity index (χ4v) is 2.21. The van der Waals surface area contributed by atoms with Crippen molar-refractivity contribution in [3.05, 3.63) is 66.4 Å². The number of anilines is 2. The smallest absolute Gasteiger partial charge is 0.221 e. The molecule has 5 heteroatoms. The molecule has 0 aliphatic rings. The Morgan fingerprint density at radius 1 is 1.00 bits per heavy atom. The topological polar surface area (TPSA) is 67.4 Å². The minimum Gasteiger partial charge on any atom is -0.494 e. The van der Waals surface area contributed by atoms with Gasteiger partial charge in [0.15, 0.2) is 5.78 Å². The fourth-order valence-electron chi connectivity index (χ4n) is 2.21. The maximum atomic E-state index is 12.2. The van der Waals surface area contributed by atoms with Crippen molar-refractivity contribution >= 4 is 23.1 Å². The summed E-state index contributed by atoms with van der Waals surface area (Å²) in [6, 6.07) is 14.4. The van der Waals surface area contributed by atoms with Crippen LogP contribution in [0.4, 0.5) is 11.4 Å². The third-order valence-electron chi connectivity index (χ3n) is 3.60. The number of amides is 1. The molecule has 0 bridgehead atoms. The number of carbonyl (C=O) groups excluding carboxylic acids is 2. The van der Waals surface area contributed by atoms with Crippen LogP contribution in [0.5, 0.6) is 5.75 Å². The van der Waals surface area contributed by atoms with E-state index in [0.29, 0.717) is 12.2 Å². The quantitative estimate of drug-likeness (QED) is 0.392. The van der Waals surface area contributed by atoms with Gasteiger partial charge in [0.25, 0.3) is 0 Å². The molecule has 0 heterocycles. The first-order chi connectivity index (χ1) is 12.6. The monoisotopic (exact) mass is 352 g/mol. The molecule has 0 atom stereocenters. The van der Waals surface area contributed by atoms with Gasteiger partial charge in [-0.05, 0) is 55.0 Å². The van der Waals surface area contributed by atoms with Crippen molar-refractivity contribution < 1.29 is 14.3 Å². The summed E-state index contributed by atoms with van der Waals surface area (Å²) in [7, 11) is 0. The molecule has 5 nitrogen and oxygen atoms in total. The van der Waals surface area contributed by atoms with E-state index in [0.717, 1.165) is 30.0 Å². The van der Waals surface area contributed by atoms with Gasteiger partial charge in [-0.25, -0.2) is 0 Å². The van der Waals surface area contributed by atoms with Crippen molar-refractivity contribution in [2.45, 2.75) is 26.7 Å². The second-order valence-corrected chi connectivity index (χ2v) is 5.83. The normalized spacial score (nSPS) is 10.5. The Morgan fingerprint density at radius 2 is 1.65 bits per heavy atom. The first-order valence-corrected chi connectivity index (χ1v) is 8.66. The number of ketones is 1. The van der Waals surface area contributed by atoms with E-state index < -0.39 is 0 Å². The Hall–Kier alpha value is -3.08. The van der Waals surface area contributed by atoms with Gasteiger partial charge in [-0.1, -0.05) is 13.3 Å². The maximum Gasteiger partial charge on any atom is 0.221 e. The number of carbonyl (C=O) groups is 2. The summed E-state index contributed by atoms with van der Waals surface area (Å²) in [4.78, 5) is 23.2. The number of nitrogens with one attached hydrogen (secondary N) is 2. The van der Waals surface area contributed by atoms with Crippen LogP contribution in [-0.4, -0.2) is 18.3 Å². The predicted octanol–water partition coefficient (Wildman–Crippen LogP) is 4.63. The third-order valence-corrected chi connectivity index (χ3v) is 3.60. The molecule has 0 radical (unpaired) electrons. The summed E-state index contributed by atoms with van der Waals surface area (Å²) in [6.07, 6.45) is 5.18. The number of hydrogen-bond donors (Lipinski definition) is 2. The number of allylic oxidation sites excluding steroid dienone is 1. The molecule has 1 amide bonds. The van der Waals surface area contributed by atoms with Gasteiger partial charge in [0.05, 0.1) is 6.61 Å². The second kappa shape index (κ2) is 10.0. The van der Waals surface area contributed by atoms with Crippen LogP contribution in [0.2, 0.25) is 0 Å². The summed E-state index contributed by atoms with van der Waals surface area (Å²) in [6.45, 7) is 4.27. The molecule has 0 saturated heterocycles. The van der Waals surface area contributed by atoms with Crippen LogP contribution in [-0.2, 0) is 4.79 Å². The van der Waals surface area contributed by atoms with E-state index in [1.165, 1.54) is 13.0 Å². The highest BCUT2D eigenvalue weighted by molar-refractivity contribution is 6.04. The van der Waals surface area contributed by atoms with E-state index in [1.54, 1.807) is 30.5 Å². The Morgan fingerprint density at radius 3 is 2.27 bits per heavy atom. The Kier molecular flexibility index (Phi) is 7.43. The van der Waals surface area contributed by atoms with Crippen molar-refractivity contribution in [2.24, 2.45) is 0 Å². The van der Waals surface area contributed by atoms with E-state index in [-0.39, 0.29) is 11.7 Å². The summed E-state index contributed by atoms with van der Waals surface area (Å²) >= 11 is 0. The van der Waals surface area contributed by atoms with E-state index >= 15 is 0 Å². The molecule has 136 valence electrons. The number of rotatable bonds is 9. The summed E-state index contributed by atoms with van der Waals surface area (Å²) in [5.41, 5.74) is 2.15. The molecule has 2 aromatic carbocycles. The van der Waals surface area contributed by atoms with Gasteiger partial charge < -0.3 is 15.4 Å². The minimum atomic E-state index is -0.113. The van der Waals surface area contributed by atoms with E-state index in [4.69, 9.17) is 4.74 Å². The molecule has 0 fully saturated rings. The van der Waals surface area contributed by atoms with Gasteiger partial charge in [-0.2, -0.15) is 0 Å². The SMILES string of the molecule is CCCCOc1ccc(C(=O)/C=C/Nc2ccc(NC(C)=O)cc2)cc1. The average Bonchev–Trinajstić information content (AvgIpc) is 2.63. The zero-order valence-electron chi connectivity index (χ0n) is 15.1. The molecular formula is C21H24N2O3. The molecule has 2 N–H and O–H groups in total. The molecule has 2 rings (SSSR count). The Balaban J connectivity index is 1.85. The van der Waals surface area contributed by atoms with Crippen LogP contribution < -0.4 is 15.4 Å². The molecule has 0 aliphatic heterocycles. The van der Waals surface area contributed by atoms with E-state index in [2.05, 4.69) is 17.6 Å². The molecule has 0 aromatic heterocycles. The van der Waals surface area contributed by atoms with Crippen molar-refractivity contribution in [1.82, 2.24) is 0 Å². The van der Waals surface area contributed by atoms with Gasteiger partial charge in [0.2, 0.25) is 5.91 Å². The van der Waals surface area contributed by atoms with Crippen LogP contribution in [0.1, 0.15) is 37.0 Å².